The molecule has 1 N–H and O–H groups in total. The first-order valence-corrected chi connectivity index (χ1v) is 6.90. The SMILES string of the molecule is COCC(CNC(C)(C)C)N1CCC(C)CC1. The van der Waals surface area contributed by atoms with Gasteiger partial charge >= 0.3 is 0 Å². The largest absolute Gasteiger partial charge is 0.383 e. The molecule has 3 heteroatoms. The van der Waals surface area contributed by atoms with E-state index in [1.165, 1.54) is 25.9 Å². The van der Waals surface area contributed by atoms with Crippen LogP contribution in [0.1, 0.15) is 40.5 Å². The number of ether oxygens (including phenoxy) is 1. The predicted molar refractivity (Wildman–Crippen MR) is 73.4 cm³/mol. The standard InChI is InChI=1S/C14H30N2O/c1-12-6-8-16(9-7-12)13(11-17-5)10-15-14(2,3)4/h12-13,15H,6-11H2,1-5H3. The van der Waals surface area contributed by atoms with Gasteiger partial charge in [-0.05, 0) is 52.6 Å². The van der Waals surface area contributed by atoms with Gasteiger partial charge in [0, 0.05) is 25.2 Å². The summed E-state index contributed by atoms with van der Waals surface area (Å²) in [6.07, 6.45) is 2.66. The maximum absolute atomic E-state index is 5.37. The zero-order valence-electron chi connectivity index (χ0n) is 12.3. The number of piperidine rings is 1. The molecule has 102 valence electrons. The van der Waals surface area contributed by atoms with Crippen LogP contribution in [0.15, 0.2) is 0 Å². The molecule has 1 atom stereocenters. The number of likely N-dealkylation sites (tertiary alicyclic amines) is 1. The smallest absolute Gasteiger partial charge is 0.0630 e. The van der Waals surface area contributed by atoms with Gasteiger partial charge in [-0.2, -0.15) is 0 Å². The van der Waals surface area contributed by atoms with Crippen molar-refractivity contribution in [3.63, 3.8) is 0 Å². The van der Waals surface area contributed by atoms with Crippen LogP contribution in [0.3, 0.4) is 0 Å². The summed E-state index contributed by atoms with van der Waals surface area (Å²) in [4.78, 5) is 2.59. The van der Waals surface area contributed by atoms with Crippen molar-refractivity contribution in [2.45, 2.75) is 52.1 Å². The number of rotatable bonds is 5. The summed E-state index contributed by atoms with van der Waals surface area (Å²) in [5, 5.41) is 3.59. The van der Waals surface area contributed by atoms with Crippen molar-refractivity contribution in [2.24, 2.45) is 5.92 Å². The molecule has 0 radical (unpaired) electrons. The van der Waals surface area contributed by atoms with E-state index in [2.05, 4.69) is 37.9 Å². The molecule has 0 aliphatic carbocycles. The molecule has 3 nitrogen and oxygen atoms in total. The van der Waals surface area contributed by atoms with Crippen LogP contribution in [-0.2, 0) is 4.74 Å². The second-order valence-corrected chi connectivity index (χ2v) is 6.46. The van der Waals surface area contributed by atoms with E-state index in [-0.39, 0.29) is 5.54 Å². The van der Waals surface area contributed by atoms with E-state index in [4.69, 9.17) is 4.74 Å². The molecule has 1 aliphatic rings. The molecule has 1 fully saturated rings. The molecule has 0 aromatic rings. The van der Waals surface area contributed by atoms with Gasteiger partial charge < -0.3 is 10.1 Å². The quantitative estimate of drug-likeness (QED) is 0.799. The van der Waals surface area contributed by atoms with Crippen LogP contribution in [0.2, 0.25) is 0 Å². The average molecular weight is 242 g/mol. The van der Waals surface area contributed by atoms with Crippen LogP contribution in [0.5, 0.6) is 0 Å². The zero-order chi connectivity index (χ0) is 12.9. The van der Waals surface area contributed by atoms with Crippen LogP contribution < -0.4 is 5.32 Å². The van der Waals surface area contributed by atoms with E-state index in [0.717, 1.165) is 19.1 Å². The van der Waals surface area contributed by atoms with Gasteiger partial charge in [-0.1, -0.05) is 6.92 Å². The first-order valence-electron chi connectivity index (χ1n) is 6.90. The Morgan fingerprint density at radius 1 is 1.29 bits per heavy atom. The first-order chi connectivity index (χ1) is 7.92. The molecule has 0 aromatic heterocycles. The summed E-state index contributed by atoms with van der Waals surface area (Å²) in [5.41, 5.74) is 0.190. The summed E-state index contributed by atoms with van der Waals surface area (Å²) in [5.74, 6) is 0.894. The highest BCUT2D eigenvalue weighted by atomic mass is 16.5. The Hall–Kier alpha value is -0.120. The molecule has 0 bridgehead atoms. The van der Waals surface area contributed by atoms with Crippen LogP contribution in [0.4, 0.5) is 0 Å². The van der Waals surface area contributed by atoms with Crippen molar-refractivity contribution in [1.82, 2.24) is 10.2 Å². The Labute approximate surface area is 107 Å². The second kappa shape index (κ2) is 6.72. The van der Waals surface area contributed by atoms with Gasteiger partial charge in [0.25, 0.3) is 0 Å². The van der Waals surface area contributed by atoms with Crippen molar-refractivity contribution in [1.29, 1.82) is 0 Å². The van der Waals surface area contributed by atoms with Gasteiger partial charge in [-0.15, -0.1) is 0 Å². The van der Waals surface area contributed by atoms with Gasteiger partial charge in [0.1, 0.15) is 0 Å². The Morgan fingerprint density at radius 3 is 2.35 bits per heavy atom. The third-order valence-electron chi connectivity index (χ3n) is 3.56. The maximum Gasteiger partial charge on any atom is 0.0630 e. The molecule has 0 saturated carbocycles. The summed E-state index contributed by atoms with van der Waals surface area (Å²) < 4.78 is 5.37. The maximum atomic E-state index is 5.37. The molecule has 1 rings (SSSR count). The summed E-state index contributed by atoms with van der Waals surface area (Å²) in [6.45, 7) is 13.3. The van der Waals surface area contributed by atoms with Crippen LogP contribution >= 0.6 is 0 Å². The average Bonchev–Trinajstić information content (AvgIpc) is 2.24. The fraction of sp³-hybridized carbons (Fsp3) is 1.00. The van der Waals surface area contributed by atoms with E-state index in [1.54, 1.807) is 7.11 Å². The number of nitrogens with one attached hydrogen (secondary N) is 1. The molecular weight excluding hydrogens is 212 g/mol. The first kappa shape index (κ1) is 14.9. The topological polar surface area (TPSA) is 24.5 Å². The summed E-state index contributed by atoms with van der Waals surface area (Å²) >= 11 is 0. The lowest BCUT2D eigenvalue weighted by Crippen LogP contribution is -2.51. The Balaban J connectivity index is 2.41. The van der Waals surface area contributed by atoms with Gasteiger partial charge in [0.15, 0.2) is 0 Å². The number of nitrogens with zero attached hydrogens (tertiary/aromatic N) is 1. The van der Waals surface area contributed by atoms with Crippen molar-refractivity contribution in [2.75, 3.05) is 33.4 Å². The second-order valence-electron chi connectivity index (χ2n) is 6.46. The Morgan fingerprint density at radius 2 is 1.88 bits per heavy atom. The lowest BCUT2D eigenvalue weighted by molar-refractivity contribution is 0.0634. The fourth-order valence-corrected chi connectivity index (χ4v) is 2.30. The molecule has 1 saturated heterocycles. The highest BCUT2D eigenvalue weighted by Crippen LogP contribution is 2.18. The van der Waals surface area contributed by atoms with E-state index in [9.17, 15) is 0 Å². The van der Waals surface area contributed by atoms with Crippen molar-refractivity contribution in [3.05, 3.63) is 0 Å². The van der Waals surface area contributed by atoms with Gasteiger partial charge in [0.05, 0.1) is 6.61 Å². The normalized spacial score (nSPS) is 21.7. The molecule has 1 unspecified atom stereocenters. The van der Waals surface area contributed by atoms with Crippen LogP contribution in [0.25, 0.3) is 0 Å². The molecule has 0 spiro atoms. The lowest BCUT2D eigenvalue weighted by Gasteiger charge is -2.37. The highest BCUT2D eigenvalue weighted by molar-refractivity contribution is 4.81. The summed E-state index contributed by atoms with van der Waals surface area (Å²) in [6, 6.07) is 0.520. The van der Waals surface area contributed by atoms with Gasteiger partial charge in [0.2, 0.25) is 0 Å². The number of hydrogen-bond acceptors (Lipinski definition) is 3. The van der Waals surface area contributed by atoms with E-state index >= 15 is 0 Å². The predicted octanol–water partition coefficient (Wildman–Crippen LogP) is 2.12. The van der Waals surface area contributed by atoms with Gasteiger partial charge in [-0.25, -0.2) is 0 Å². The third kappa shape index (κ3) is 5.84. The minimum absolute atomic E-state index is 0.190. The number of hydrogen-bond donors (Lipinski definition) is 1. The van der Waals surface area contributed by atoms with Crippen LogP contribution in [-0.4, -0.2) is 49.8 Å². The van der Waals surface area contributed by atoms with Crippen LogP contribution in [0, 0.1) is 5.92 Å². The van der Waals surface area contributed by atoms with Gasteiger partial charge in [-0.3, -0.25) is 4.90 Å². The Bertz CT molecular complexity index is 205. The van der Waals surface area contributed by atoms with E-state index in [1.807, 2.05) is 0 Å². The van der Waals surface area contributed by atoms with E-state index < -0.39 is 0 Å². The van der Waals surface area contributed by atoms with E-state index in [0.29, 0.717) is 6.04 Å². The minimum atomic E-state index is 0.190. The Kier molecular flexibility index (Phi) is 5.90. The summed E-state index contributed by atoms with van der Waals surface area (Å²) in [7, 11) is 1.80. The molecular formula is C14H30N2O. The molecule has 17 heavy (non-hydrogen) atoms. The lowest BCUT2D eigenvalue weighted by atomic mass is 9.97. The fourth-order valence-electron chi connectivity index (χ4n) is 2.30. The monoisotopic (exact) mass is 242 g/mol. The molecule has 1 heterocycles. The van der Waals surface area contributed by atoms with Crippen molar-refractivity contribution < 1.29 is 4.74 Å². The molecule has 0 aromatic carbocycles. The third-order valence-corrected chi connectivity index (χ3v) is 3.56. The highest BCUT2D eigenvalue weighted by Gasteiger charge is 2.24. The van der Waals surface area contributed by atoms with Crippen molar-refractivity contribution >= 4 is 0 Å². The minimum Gasteiger partial charge on any atom is -0.383 e. The molecule has 1 aliphatic heterocycles. The number of methoxy groups -OCH3 is 1. The van der Waals surface area contributed by atoms with Crippen molar-refractivity contribution in [3.8, 4) is 0 Å². The zero-order valence-corrected chi connectivity index (χ0v) is 12.3. The molecule has 0 amide bonds.